The molecule has 0 aliphatic rings. The number of rotatable bonds is 5. The first-order chi connectivity index (χ1) is 9.99. The number of aromatic nitrogens is 1. The second-order valence-corrected chi connectivity index (χ2v) is 6.79. The van der Waals surface area contributed by atoms with Crippen LogP contribution in [0.5, 0.6) is 0 Å². The Morgan fingerprint density at radius 2 is 2.29 bits per heavy atom. The van der Waals surface area contributed by atoms with Gasteiger partial charge in [-0.15, -0.1) is 11.3 Å². The molecule has 2 aromatic rings. The van der Waals surface area contributed by atoms with Crippen LogP contribution >= 0.6 is 11.3 Å². The van der Waals surface area contributed by atoms with Crippen molar-refractivity contribution < 1.29 is 12.8 Å². The lowest BCUT2D eigenvalue weighted by molar-refractivity contribution is 0.546. The van der Waals surface area contributed by atoms with Crippen LogP contribution in [-0.2, 0) is 10.0 Å². The molecular formula is C13H12FN3O2S2. The summed E-state index contributed by atoms with van der Waals surface area (Å²) in [6, 6.07) is 4.60. The van der Waals surface area contributed by atoms with Gasteiger partial charge in [-0.3, -0.25) is 0 Å². The Bertz CT molecular complexity index is 767. The van der Waals surface area contributed by atoms with Crippen molar-refractivity contribution in [2.24, 2.45) is 0 Å². The summed E-state index contributed by atoms with van der Waals surface area (Å²) in [5.74, 6) is -0.859. The Morgan fingerprint density at radius 1 is 1.52 bits per heavy atom. The molecule has 0 aliphatic carbocycles. The minimum atomic E-state index is -4.01. The van der Waals surface area contributed by atoms with E-state index in [0.717, 1.165) is 6.07 Å². The Labute approximate surface area is 126 Å². The monoisotopic (exact) mass is 325 g/mol. The van der Waals surface area contributed by atoms with Crippen LogP contribution < -0.4 is 4.72 Å². The highest BCUT2D eigenvalue weighted by Gasteiger charge is 2.25. The first-order valence-electron chi connectivity index (χ1n) is 6.10. The quantitative estimate of drug-likeness (QED) is 0.916. The smallest absolute Gasteiger partial charge is 0.242 e. The van der Waals surface area contributed by atoms with Gasteiger partial charge in [-0.25, -0.2) is 22.5 Å². The molecule has 0 saturated heterocycles. The first-order valence-corrected chi connectivity index (χ1v) is 8.46. The largest absolute Gasteiger partial charge is 0.248 e. The van der Waals surface area contributed by atoms with Crippen molar-refractivity contribution in [1.82, 2.24) is 9.71 Å². The van der Waals surface area contributed by atoms with Gasteiger partial charge in [-0.2, -0.15) is 5.26 Å². The molecule has 0 bridgehead atoms. The lowest BCUT2D eigenvalue weighted by atomic mass is 10.2. The maximum Gasteiger partial charge on any atom is 0.242 e. The Morgan fingerprint density at radius 3 is 2.86 bits per heavy atom. The summed E-state index contributed by atoms with van der Waals surface area (Å²) in [5, 5.41) is 11.3. The fourth-order valence-corrected chi connectivity index (χ4v) is 4.10. The van der Waals surface area contributed by atoms with Crippen LogP contribution in [0, 0.1) is 17.1 Å². The lowest BCUT2D eigenvalue weighted by Gasteiger charge is -2.15. The molecule has 1 heterocycles. The number of hydrogen-bond acceptors (Lipinski definition) is 5. The number of benzene rings is 1. The zero-order valence-electron chi connectivity index (χ0n) is 11.1. The number of nitriles is 1. The standard InChI is InChI=1S/C13H12FN3O2S2/c1-2-11(13-16-6-7-20-13)17-21(18,19)12-5-3-4-10(14)9(12)8-15/h3-7,11,17H,2H2,1H3. The van der Waals surface area contributed by atoms with Crippen molar-refractivity contribution in [2.75, 3.05) is 0 Å². The van der Waals surface area contributed by atoms with Gasteiger partial charge >= 0.3 is 0 Å². The SMILES string of the molecule is CCC(NS(=O)(=O)c1cccc(F)c1C#N)c1nccs1. The van der Waals surface area contributed by atoms with Crippen LogP contribution in [0.2, 0.25) is 0 Å². The van der Waals surface area contributed by atoms with Gasteiger partial charge in [0.05, 0.1) is 6.04 Å². The summed E-state index contributed by atoms with van der Waals surface area (Å²) < 4.78 is 40.8. The number of halogens is 1. The third-order valence-corrected chi connectivity index (χ3v) is 5.24. The van der Waals surface area contributed by atoms with Crippen molar-refractivity contribution in [1.29, 1.82) is 5.26 Å². The molecule has 2 rings (SSSR count). The second-order valence-electron chi connectivity index (χ2n) is 4.18. The van der Waals surface area contributed by atoms with Gasteiger partial charge in [0.1, 0.15) is 27.4 Å². The highest BCUT2D eigenvalue weighted by molar-refractivity contribution is 7.89. The predicted molar refractivity (Wildman–Crippen MR) is 76.6 cm³/mol. The Kier molecular flexibility index (Phi) is 4.67. The molecule has 0 fully saturated rings. The number of sulfonamides is 1. The van der Waals surface area contributed by atoms with E-state index in [1.54, 1.807) is 17.6 Å². The molecule has 0 saturated carbocycles. The van der Waals surface area contributed by atoms with E-state index in [0.29, 0.717) is 11.4 Å². The highest BCUT2D eigenvalue weighted by Crippen LogP contribution is 2.24. The van der Waals surface area contributed by atoms with Crippen LogP contribution in [0.25, 0.3) is 0 Å². The predicted octanol–water partition coefficient (Wildman–Crippen LogP) is 2.58. The zero-order valence-corrected chi connectivity index (χ0v) is 12.7. The van der Waals surface area contributed by atoms with E-state index in [-0.39, 0.29) is 4.90 Å². The fourth-order valence-electron chi connectivity index (χ4n) is 1.80. The van der Waals surface area contributed by atoms with Gasteiger partial charge in [0.2, 0.25) is 10.0 Å². The van der Waals surface area contributed by atoms with Crippen LogP contribution in [0.3, 0.4) is 0 Å². The topological polar surface area (TPSA) is 82.9 Å². The van der Waals surface area contributed by atoms with Crippen LogP contribution in [-0.4, -0.2) is 13.4 Å². The van der Waals surface area contributed by atoms with Gasteiger partial charge in [-0.05, 0) is 18.6 Å². The van der Waals surface area contributed by atoms with Gasteiger partial charge in [-0.1, -0.05) is 13.0 Å². The summed E-state index contributed by atoms with van der Waals surface area (Å²) in [7, 11) is -4.01. The first kappa shape index (κ1) is 15.6. The van der Waals surface area contributed by atoms with Crippen molar-refractivity contribution in [3.63, 3.8) is 0 Å². The Hall–Kier alpha value is -1.82. The van der Waals surface area contributed by atoms with Crippen LogP contribution in [0.4, 0.5) is 4.39 Å². The minimum Gasteiger partial charge on any atom is -0.248 e. The molecule has 8 heteroatoms. The Balaban J connectivity index is 2.40. The van der Waals surface area contributed by atoms with Crippen molar-refractivity contribution in [3.8, 4) is 6.07 Å². The van der Waals surface area contributed by atoms with E-state index in [9.17, 15) is 12.8 Å². The van der Waals surface area contributed by atoms with E-state index in [2.05, 4.69) is 9.71 Å². The van der Waals surface area contributed by atoms with Gasteiger partial charge in [0, 0.05) is 11.6 Å². The third kappa shape index (κ3) is 3.26. The van der Waals surface area contributed by atoms with Gasteiger partial charge in [0.15, 0.2) is 0 Å². The molecule has 110 valence electrons. The van der Waals surface area contributed by atoms with E-state index < -0.39 is 27.4 Å². The summed E-state index contributed by atoms with van der Waals surface area (Å²) in [5.41, 5.74) is -0.487. The van der Waals surface area contributed by atoms with E-state index in [4.69, 9.17) is 5.26 Å². The molecular weight excluding hydrogens is 313 g/mol. The van der Waals surface area contributed by atoms with Gasteiger partial charge < -0.3 is 0 Å². The molecule has 1 unspecified atom stereocenters. The van der Waals surface area contributed by atoms with Crippen LogP contribution in [0.15, 0.2) is 34.7 Å². The number of thiazole rings is 1. The van der Waals surface area contributed by atoms with Crippen LogP contribution in [0.1, 0.15) is 30.0 Å². The van der Waals surface area contributed by atoms with Crippen molar-refractivity contribution in [3.05, 3.63) is 46.2 Å². The van der Waals surface area contributed by atoms with Crippen molar-refractivity contribution >= 4 is 21.4 Å². The average Bonchev–Trinajstić information content (AvgIpc) is 2.98. The second kappa shape index (κ2) is 6.30. The highest BCUT2D eigenvalue weighted by atomic mass is 32.2. The van der Waals surface area contributed by atoms with Gasteiger partial charge in [0.25, 0.3) is 0 Å². The summed E-state index contributed by atoms with van der Waals surface area (Å²) in [4.78, 5) is 3.72. The molecule has 0 amide bonds. The maximum atomic E-state index is 13.5. The normalized spacial score (nSPS) is 12.8. The summed E-state index contributed by atoms with van der Waals surface area (Å²) >= 11 is 1.33. The van der Waals surface area contributed by atoms with E-state index >= 15 is 0 Å². The average molecular weight is 325 g/mol. The summed E-state index contributed by atoms with van der Waals surface area (Å²) in [6.07, 6.45) is 2.07. The molecule has 5 nitrogen and oxygen atoms in total. The molecule has 1 aromatic heterocycles. The number of nitrogens with one attached hydrogen (secondary N) is 1. The molecule has 1 atom stereocenters. The lowest BCUT2D eigenvalue weighted by Crippen LogP contribution is -2.29. The van der Waals surface area contributed by atoms with Crippen molar-refractivity contribution in [2.45, 2.75) is 24.3 Å². The molecule has 21 heavy (non-hydrogen) atoms. The molecule has 0 spiro atoms. The zero-order chi connectivity index (χ0) is 15.5. The summed E-state index contributed by atoms with van der Waals surface area (Å²) in [6.45, 7) is 1.81. The fraction of sp³-hybridized carbons (Fsp3) is 0.231. The maximum absolute atomic E-state index is 13.5. The molecule has 0 radical (unpaired) electrons. The third-order valence-electron chi connectivity index (χ3n) is 2.83. The van der Waals surface area contributed by atoms with E-state index in [1.165, 1.54) is 23.5 Å². The minimum absolute atomic E-state index is 0.361. The van der Waals surface area contributed by atoms with E-state index in [1.807, 2.05) is 6.92 Å². The molecule has 1 N–H and O–H groups in total. The molecule has 0 aliphatic heterocycles. The number of hydrogen-bond donors (Lipinski definition) is 1. The molecule has 1 aromatic carbocycles. The number of nitrogens with zero attached hydrogens (tertiary/aromatic N) is 2.